The second-order valence-corrected chi connectivity index (χ2v) is 8.23. The summed E-state index contributed by atoms with van der Waals surface area (Å²) >= 11 is 5.88. The number of nitrogens with two attached hydrogens (primary N) is 1. The van der Waals surface area contributed by atoms with Gasteiger partial charge >= 0.3 is 5.97 Å². The molecular weight excluding hydrogens is 452 g/mol. The zero-order valence-corrected chi connectivity index (χ0v) is 19.3. The van der Waals surface area contributed by atoms with Gasteiger partial charge in [-0.05, 0) is 54.4 Å². The van der Waals surface area contributed by atoms with Crippen molar-refractivity contribution in [3.63, 3.8) is 0 Å². The first-order valence-electron chi connectivity index (χ1n) is 10.9. The van der Waals surface area contributed by atoms with Gasteiger partial charge in [-0.2, -0.15) is 5.26 Å². The highest BCUT2D eigenvalue weighted by molar-refractivity contribution is 6.30. The van der Waals surface area contributed by atoms with Crippen LogP contribution in [0, 0.1) is 11.3 Å². The first-order chi connectivity index (χ1) is 16.5. The lowest BCUT2D eigenvalue weighted by molar-refractivity contribution is 0.0734. The standard InChI is InChI=1S/C27H23ClN2O4/c1-2-3-14-32-20-10-6-17(7-11-20)25-22-13-12-21(15-24(22)34-26(30)23(25)16-29)33-27(31)18-4-8-19(28)9-5-18/h4-13,15,25H,2-3,14,30H2,1H3. The summed E-state index contributed by atoms with van der Waals surface area (Å²) in [5.74, 6) is 0.564. The maximum Gasteiger partial charge on any atom is 0.343 e. The van der Waals surface area contributed by atoms with Crippen LogP contribution in [0.4, 0.5) is 0 Å². The molecule has 0 saturated heterocycles. The van der Waals surface area contributed by atoms with Gasteiger partial charge in [0.25, 0.3) is 0 Å². The molecule has 3 aromatic rings. The minimum Gasteiger partial charge on any atom is -0.494 e. The van der Waals surface area contributed by atoms with Gasteiger partial charge < -0.3 is 19.9 Å². The SMILES string of the molecule is CCCCOc1ccc(C2C(C#N)=C(N)Oc3cc(OC(=O)c4ccc(Cl)cc4)ccc32)cc1. The number of unbranched alkanes of at least 4 members (excludes halogenated alkanes) is 1. The third kappa shape index (κ3) is 5.00. The number of ether oxygens (including phenoxy) is 3. The van der Waals surface area contributed by atoms with E-state index >= 15 is 0 Å². The van der Waals surface area contributed by atoms with Crippen molar-refractivity contribution >= 4 is 17.6 Å². The molecule has 0 radical (unpaired) electrons. The van der Waals surface area contributed by atoms with Crippen molar-refractivity contribution in [2.24, 2.45) is 5.73 Å². The predicted molar refractivity (Wildman–Crippen MR) is 129 cm³/mol. The summed E-state index contributed by atoms with van der Waals surface area (Å²) < 4.78 is 17.0. The maximum atomic E-state index is 12.5. The highest BCUT2D eigenvalue weighted by Crippen LogP contribution is 2.43. The van der Waals surface area contributed by atoms with Gasteiger partial charge in [-0.25, -0.2) is 4.79 Å². The van der Waals surface area contributed by atoms with Gasteiger partial charge in [0.2, 0.25) is 5.88 Å². The predicted octanol–water partition coefficient (Wildman–Crippen LogP) is 5.96. The van der Waals surface area contributed by atoms with Crippen LogP contribution in [0.2, 0.25) is 5.02 Å². The van der Waals surface area contributed by atoms with Gasteiger partial charge in [-0.15, -0.1) is 0 Å². The summed E-state index contributed by atoms with van der Waals surface area (Å²) in [6.45, 7) is 2.77. The molecule has 0 aromatic heterocycles. The van der Waals surface area contributed by atoms with Crippen molar-refractivity contribution in [3.8, 4) is 23.3 Å². The second-order valence-electron chi connectivity index (χ2n) is 7.79. The van der Waals surface area contributed by atoms with Gasteiger partial charge in [0.1, 0.15) is 28.9 Å². The number of fused-ring (bicyclic) bond motifs is 1. The lowest BCUT2D eigenvalue weighted by atomic mass is 9.83. The largest absolute Gasteiger partial charge is 0.494 e. The molecule has 0 bridgehead atoms. The number of carbonyl (C=O) groups excluding carboxylic acids is 1. The van der Waals surface area contributed by atoms with Gasteiger partial charge in [0.05, 0.1) is 18.1 Å². The van der Waals surface area contributed by atoms with Crippen molar-refractivity contribution in [1.29, 1.82) is 5.26 Å². The van der Waals surface area contributed by atoms with Crippen LogP contribution in [-0.4, -0.2) is 12.6 Å². The Morgan fingerprint density at radius 3 is 2.47 bits per heavy atom. The fraction of sp³-hybridized carbons (Fsp3) is 0.185. The number of rotatable bonds is 7. The minimum absolute atomic E-state index is 0.0180. The number of nitriles is 1. The van der Waals surface area contributed by atoms with Crippen molar-refractivity contribution in [1.82, 2.24) is 0 Å². The van der Waals surface area contributed by atoms with E-state index in [1.165, 1.54) is 0 Å². The number of esters is 1. The molecule has 6 nitrogen and oxygen atoms in total. The summed E-state index contributed by atoms with van der Waals surface area (Å²) in [5, 5.41) is 10.3. The topological polar surface area (TPSA) is 94.6 Å². The molecule has 2 N–H and O–H groups in total. The monoisotopic (exact) mass is 474 g/mol. The molecule has 3 aromatic carbocycles. The Balaban J connectivity index is 1.60. The molecule has 7 heteroatoms. The number of benzene rings is 3. The molecule has 1 unspecified atom stereocenters. The van der Waals surface area contributed by atoms with Crippen molar-refractivity contribution in [2.75, 3.05) is 6.61 Å². The Hall–Kier alpha value is -3.95. The van der Waals surface area contributed by atoms with Crippen LogP contribution in [0.5, 0.6) is 17.2 Å². The lowest BCUT2D eigenvalue weighted by Gasteiger charge is -2.26. The van der Waals surface area contributed by atoms with E-state index in [4.69, 9.17) is 31.5 Å². The second kappa shape index (κ2) is 10.3. The van der Waals surface area contributed by atoms with Crippen LogP contribution < -0.4 is 19.9 Å². The molecule has 0 aliphatic carbocycles. The zero-order valence-electron chi connectivity index (χ0n) is 18.6. The molecule has 0 saturated carbocycles. The molecule has 0 spiro atoms. The first kappa shape index (κ1) is 23.2. The molecule has 1 aliphatic rings. The molecule has 34 heavy (non-hydrogen) atoms. The van der Waals surface area contributed by atoms with Gasteiger partial charge in [-0.3, -0.25) is 0 Å². The highest BCUT2D eigenvalue weighted by atomic mass is 35.5. The van der Waals surface area contributed by atoms with Crippen LogP contribution in [-0.2, 0) is 0 Å². The lowest BCUT2D eigenvalue weighted by Crippen LogP contribution is -2.21. The maximum absolute atomic E-state index is 12.5. The van der Waals surface area contributed by atoms with Crippen LogP contribution in [0.25, 0.3) is 0 Å². The quantitative estimate of drug-likeness (QED) is 0.258. The molecular formula is C27H23ClN2O4. The van der Waals surface area contributed by atoms with E-state index in [1.807, 2.05) is 24.3 Å². The van der Waals surface area contributed by atoms with Crippen LogP contribution >= 0.6 is 11.6 Å². The third-order valence-corrected chi connectivity index (χ3v) is 5.71. The van der Waals surface area contributed by atoms with E-state index in [9.17, 15) is 10.1 Å². The third-order valence-electron chi connectivity index (χ3n) is 5.46. The number of allylic oxidation sites excluding steroid dienone is 1. The Bertz CT molecular complexity index is 1260. The minimum atomic E-state index is -0.524. The molecule has 172 valence electrons. The van der Waals surface area contributed by atoms with Crippen LogP contribution in [0.1, 0.15) is 47.2 Å². The molecule has 0 fully saturated rings. The van der Waals surface area contributed by atoms with Crippen LogP contribution in [0.3, 0.4) is 0 Å². The molecule has 0 amide bonds. The smallest absolute Gasteiger partial charge is 0.343 e. The summed E-state index contributed by atoms with van der Waals surface area (Å²) in [6.07, 6.45) is 2.04. The van der Waals surface area contributed by atoms with Gasteiger partial charge in [0.15, 0.2) is 0 Å². The van der Waals surface area contributed by atoms with Crippen molar-refractivity contribution in [3.05, 3.63) is 99.9 Å². The summed E-state index contributed by atoms with van der Waals surface area (Å²) in [6, 6.07) is 21.2. The highest BCUT2D eigenvalue weighted by Gasteiger charge is 2.31. The van der Waals surface area contributed by atoms with Crippen molar-refractivity contribution in [2.45, 2.75) is 25.7 Å². The molecule has 1 atom stereocenters. The Labute approximate surface area is 203 Å². The number of halogens is 1. The number of carbonyl (C=O) groups is 1. The first-order valence-corrected chi connectivity index (χ1v) is 11.3. The zero-order chi connectivity index (χ0) is 24.1. The molecule has 4 rings (SSSR count). The normalized spacial score (nSPS) is 14.6. The summed E-state index contributed by atoms with van der Waals surface area (Å²) in [7, 11) is 0. The Morgan fingerprint density at radius 2 is 1.79 bits per heavy atom. The fourth-order valence-corrected chi connectivity index (χ4v) is 3.81. The Morgan fingerprint density at radius 1 is 1.09 bits per heavy atom. The van der Waals surface area contributed by atoms with Crippen molar-refractivity contribution < 1.29 is 19.0 Å². The van der Waals surface area contributed by atoms with E-state index in [1.54, 1.807) is 42.5 Å². The Kier molecular flexibility index (Phi) is 7.05. The number of hydrogen-bond donors (Lipinski definition) is 1. The average molecular weight is 475 g/mol. The summed E-state index contributed by atoms with van der Waals surface area (Å²) in [5.41, 5.74) is 8.40. The van der Waals surface area contributed by atoms with Gasteiger partial charge in [-0.1, -0.05) is 43.1 Å². The molecule has 1 heterocycles. The van der Waals surface area contributed by atoms with E-state index in [0.29, 0.717) is 34.3 Å². The number of hydrogen-bond acceptors (Lipinski definition) is 6. The fourth-order valence-electron chi connectivity index (χ4n) is 3.68. The molecule has 1 aliphatic heterocycles. The van der Waals surface area contributed by atoms with E-state index in [0.717, 1.165) is 29.7 Å². The van der Waals surface area contributed by atoms with E-state index < -0.39 is 11.9 Å². The van der Waals surface area contributed by atoms with E-state index in [2.05, 4.69) is 13.0 Å². The summed E-state index contributed by atoms with van der Waals surface area (Å²) in [4.78, 5) is 12.5. The van der Waals surface area contributed by atoms with Gasteiger partial charge in [0, 0.05) is 16.7 Å². The number of nitrogens with zero attached hydrogens (tertiary/aromatic N) is 1. The average Bonchev–Trinajstić information content (AvgIpc) is 2.84. The van der Waals surface area contributed by atoms with Crippen LogP contribution in [0.15, 0.2) is 78.2 Å². The van der Waals surface area contributed by atoms with E-state index in [-0.39, 0.29) is 5.88 Å².